The molecule has 1 unspecified atom stereocenters. The van der Waals surface area contributed by atoms with Gasteiger partial charge in [-0.1, -0.05) is 19.3 Å². The molecule has 2 aliphatic rings. The zero-order valence-corrected chi connectivity index (χ0v) is 18.2. The summed E-state index contributed by atoms with van der Waals surface area (Å²) in [7, 11) is 3.89. The lowest BCUT2D eigenvalue weighted by molar-refractivity contribution is 0.267. The lowest BCUT2D eigenvalue weighted by atomic mass is 10.0. The third kappa shape index (κ3) is 5.47. The van der Waals surface area contributed by atoms with Crippen LogP contribution in [0.3, 0.4) is 0 Å². The minimum absolute atomic E-state index is 0.744. The van der Waals surface area contributed by atoms with E-state index in [2.05, 4.69) is 39.2 Å². The normalized spacial score (nSPS) is 22.2. The Hall–Kier alpha value is -1.62. The van der Waals surface area contributed by atoms with E-state index in [1.165, 1.54) is 63.7 Å². The fourth-order valence-corrected chi connectivity index (χ4v) is 4.67. The summed E-state index contributed by atoms with van der Waals surface area (Å²) < 4.78 is 0. The molecule has 2 fully saturated rings. The van der Waals surface area contributed by atoms with E-state index < -0.39 is 0 Å². The summed E-state index contributed by atoms with van der Waals surface area (Å²) in [6.07, 6.45) is 11.5. The molecule has 1 aromatic rings. The van der Waals surface area contributed by atoms with Crippen molar-refractivity contribution in [3.8, 4) is 0 Å². The standard InChI is InChI=1S/C23H39N5/c1-19-11-9-17-27(19)18-10-12-21(24-2)20-13-14-22(26-23(20)25-3)28-15-7-5-4-6-8-16-28/h13-14,19H,4-12,15-18H2,1-3H3,(H,25,26). The van der Waals surface area contributed by atoms with Crippen LogP contribution in [0.4, 0.5) is 11.6 Å². The predicted octanol–water partition coefficient (Wildman–Crippen LogP) is 4.58. The molecule has 1 aromatic heterocycles. The van der Waals surface area contributed by atoms with Crippen molar-refractivity contribution in [2.24, 2.45) is 4.99 Å². The molecule has 2 saturated heterocycles. The van der Waals surface area contributed by atoms with Crippen LogP contribution >= 0.6 is 0 Å². The van der Waals surface area contributed by atoms with Gasteiger partial charge in [0, 0.05) is 44.5 Å². The Bertz CT molecular complexity index is 634. The van der Waals surface area contributed by atoms with Gasteiger partial charge in [-0.05, 0) is 70.7 Å². The molecule has 3 rings (SSSR count). The second kappa shape index (κ2) is 10.8. The van der Waals surface area contributed by atoms with Gasteiger partial charge in [0.2, 0.25) is 0 Å². The summed E-state index contributed by atoms with van der Waals surface area (Å²) in [5, 5.41) is 3.33. The highest BCUT2D eigenvalue weighted by Gasteiger charge is 2.20. The van der Waals surface area contributed by atoms with Crippen LogP contribution in [0.15, 0.2) is 17.1 Å². The molecule has 0 aromatic carbocycles. The quantitative estimate of drug-likeness (QED) is 0.698. The van der Waals surface area contributed by atoms with Gasteiger partial charge in [-0.25, -0.2) is 4.98 Å². The van der Waals surface area contributed by atoms with Crippen LogP contribution in [0, 0.1) is 0 Å². The Morgan fingerprint density at radius 3 is 2.50 bits per heavy atom. The number of nitrogens with zero attached hydrogens (tertiary/aromatic N) is 4. The molecule has 3 heterocycles. The summed E-state index contributed by atoms with van der Waals surface area (Å²) in [5.41, 5.74) is 2.33. The van der Waals surface area contributed by atoms with Crippen molar-refractivity contribution in [1.82, 2.24) is 9.88 Å². The van der Waals surface area contributed by atoms with E-state index in [4.69, 9.17) is 4.98 Å². The molecule has 156 valence electrons. The van der Waals surface area contributed by atoms with Crippen LogP contribution in [-0.2, 0) is 0 Å². The second-order valence-corrected chi connectivity index (χ2v) is 8.37. The van der Waals surface area contributed by atoms with Gasteiger partial charge in [0.25, 0.3) is 0 Å². The van der Waals surface area contributed by atoms with Gasteiger partial charge in [-0.2, -0.15) is 0 Å². The van der Waals surface area contributed by atoms with Gasteiger partial charge < -0.3 is 15.1 Å². The van der Waals surface area contributed by atoms with Crippen molar-refractivity contribution in [2.75, 3.05) is 50.5 Å². The zero-order chi connectivity index (χ0) is 19.8. The number of rotatable bonds is 7. The van der Waals surface area contributed by atoms with Crippen LogP contribution < -0.4 is 10.2 Å². The molecule has 5 nitrogen and oxygen atoms in total. The largest absolute Gasteiger partial charge is 0.373 e. The van der Waals surface area contributed by atoms with Crippen LogP contribution in [-0.4, -0.2) is 61.9 Å². The van der Waals surface area contributed by atoms with E-state index in [0.29, 0.717) is 0 Å². The average molecular weight is 386 g/mol. The van der Waals surface area contributed by atoms with Gasteiger partial charge in [0.15, 0.2) is 0 Å². The molecule has 0 aliphatic carbocycles. The molecule has 0 saturated carbocycles. The van der Waals surface area contributed by atoms with Crippen molar-refractivity contribution in [1.29, 1.82) is 0 Å². The van der Waals surface area contributed by atoms with Crippen molar-refractivity contribution in [3.63, 3.8) is 0 Å². The summed E-state index contributed by atoms with van der Waals surface area (Å²) >= 11 is 0. The van der Waals surface area contributed by atoms with Crippen LogP contribution in [0.1, 0.15) is 70.3 Å². The maximum absolute atomic E-state index is 4.98. The number of hydrogen-bond acceptors (Lipinski definition) is 5. The van der Waals surface area contributed by atoms with Crippen LogP contribution in [0.5, 0.6) is 0 Å². The number of pyridine rings is 1. The number of nitrogens with one attached hydrogen (secondary N) is 1. The highest BCUT2D eigenvalue weighted by atomic mass is 15.2. The number of likely N-dealkylation sites (tertiary alicyclic amines) is 1. The summed E-state index contributed by atoms with van der Waals surface area (Å²) in [5.74, 6) is 2.08. The van der Waals surface area contributed by atoms with E-state index in [0.717, 1.165) is 49.2 Å². The summed E-state index contributed by atoms with van der Waals surface area (Å²) in [6, 6.07) is 5.17. The van der Waals surface area contributed by atoms with Gasteiger partial charge in [-0.15, -0.1) is 0 Å². The molecule has 0 radical (unpaired) electrons. The Labute approximate surface area is 171 Å². The molecular formula is C23H39N5. The molecule has 0 spiro atoms. The average Bonchev–Trinajstić information content (AvgIpc) is 3.10. The topological polar surface area (TPSA) is 43.8 Å². The lowest BCUT2D eigenvalue weighted by Gasteiger charge is -2.26. The molecule has 1 N–H and O–H groups in total. The van der Waals surface area contributed by atoms with Crippen molar-refractivity contribution in [3.05, 3.63) is 17.7 Å². The summed E-state index contributed by atoms with van der Waals surface area (Å²) in [4.78, 5) is 14.7. The number of hydrogen-bond donors (Lipinski definition) is 1. The van der Waals surface area contributed by atoms with Crippen LogP contribution in [0.25, 0.3) is 0 Å². The second-order valence-electron chi connectivity index (χ2n) is 8.37. The monoisotopic (exact) mass is 385 g/mol. The van der Waals surface area contributed by atoms with E-state index in [1.807, 2.05) is 14.1 Å². The maximum Gasteiger partial charge on any atom is 0.137 e. The first-order chi connectivity index (χ1) is 13.7. The smallest absolute Gasteiger partial charge is 0.137 e. The molecule has 0 amide bonds. The fourth-order valence-electron chi connectivity index (χ4n) is 4.67. The van der Waals surface area contributed by atoms with Gasteiger partial charge in [-0.3, -0.25) is 4.99 Å². The van der Waals surface area contributed by atoms with Crippen LogP contribution in [0.2, 0.25) is 0 Å². The minimum Gasteiger partial charge on any atom is -0.373 e. The van der Waals surface area contributed by atoms with Gasteiger partial charge in [0.1, 0.15) is 11.6 Å². The number of aliphatic imine (C=N–C) groups is 1. The van der Waals surface area contributed by atoms with E-state index >= 15 is 0 Å². The minimum atomic E-state index is 0.744. The maximum atomic E-state index is 4.98. The molecular weight excluding hydrogens is 346 g/mol. The molecule has 1 atom stereocenters. The highest BCUT2D eigenvalue weighted by Crippen LogP contribution is 2.24. The first-order valence-corrected chi connectivity index (χ1v) is 11.4. The molecule has 2 aliphatic heterocycles. The first-order valence-electron chi connectivity index (χ1n) is 11.4. The van der Waals surface area contributed by atoms with Gasteiger partial charge in [0.05, 0.1) is 0 Å². The highest BCUT2D eigenvalue weighted by molar-refractivity contribution is 6.04. The third-order valence-electron chi connectivity index (χ3n) is 6.43. The van der Waals surface area contributed by atoms with Crippen molar-refractivity contribution >= 4 is 17.3 Å². The van der Waals surface area contributed by atoms with Gasteiger partial charge >= 0.3 is 0 Å². The molecule has 5 heteroatoms. The zero-order valence-electron chi connectivity index (χ0n) is 18.2. The lowest BCUT2D eigenvalue weighted by Crippen LogP contribution is -2.28. The third-order valence-corrected chi connectivity index (χ3v) is 6.43. The number of aromatic nitrogens is 1. The van der Waals surface area contributed by atoms with Crippen molar-refractivity contribution < 1.29 is 0 Å². The van der Waals surface area contributed by atoms with E-state index in [1.54, 1.807) is 0 Å². The SMILES string of the molecule is CN=C(CCCN1CCCC1C)c1ccc(N2CCCCCCC2)nc1NC. The predicted molar refractivity (Wildman–Crippen MR) is 121 cm³/mol. The Balaban J connectivity index is 1.65. The first kappa shape index (κ1) is 21.1. The van der Waals surface area contributed by atoms with E-state index in [-0.39, 0.29) is 0 Å². The van der Waals surface area contributed by atoms with Crippen molar-refractivity contribution in [2.45, 2.75) is 70.8 Å². The molecule has 28 heavy (non-hydrogen) atoms. The number of anilines is 2. The molecule has 0 bridgehead atoms. The summed E-state index contributed by atoms with van der Waals surface area (Å²) in [6.45, 7) is 7.03. The Morgan fingerprint density at radius 1 is 1.11 bits per heavy atom. The Morgan fingerprint density at radius 2 is 1.86 bits per heavy atom. The van der Waals surface area contributed by atoms with E-state index in [9.17, 15) is 0 Å². The fraction of sp³-hybridized carbons (Fsp3) is 0.739. The Kier molecular flexibility index (Phi) is 8.13.